The average molecular weight is 370 g/mol. The predicted octanol–water partition coefficient (Wildman–Crippen LogP) is 2.98. The highest BCUT2D eigenvalue weighted by Gasteiger charge is 2.33. The van der Waals surface area contributed by atoms with Crippen molar-refractivity contribution >= 4 is 46.1 Å². The highest BCUT2D eigenvalue weighted by atomic mass is 127. The molecule has 1 aliphatic heterocycles. The van der Waals surface area contributed by atoms with Crippen molar-refractivity contribution in [2.24, 2.45) is 0 Å². The SMILES string of the molecule is CSc1nsnc1C1CCC[N+](C)(CI)C1. The normalized spacial score (nSPS) is 30.6. The first kappa shape index (κ1) is 13.0. The Balaban J connectivity index is 2.16. The van der Waals surface area contributed by atoms with Gasteiger partial charge in [-0.15, -0.1) is 11.8 Å². The third-order valence-corrected chi connectivity index (χ3v) is 6.25. The van der Waals surface area contributed by atoms with E-state index in [4.69, 9.17) is 0 Å². The van der Waals surface area contributed by atoms with E-state index in [0.717, 1.165) is 5.03 Å². The Hall–Kier alpha value is 0.600. The first-order chi connectivity index (χ1) is 7.68. The van der Waals surface area contributed by atoms with Crippen molar-refractivity contribution in [2.45, 2.75) is 23.8 Å². The zero-order valence-corrected chi connectivity index (χ0v) is 13.4. The Morgan fingerprint density at radius 1 is 1.56 bits per heavy atom. The van der Waals surface area contributed by atoms with Crippen LogP contribution in [0, 0.1) is 0 Å². The molecule has 2 atom stereocenters. The lowest BCUT2D eigenvalue weighted by Gasteiger charge is -2.39. The van der Waals surface area contributed by atoms with Crippen LogP contribution in [-0.2, 0) is 0 Å². The first-order valence-corrected chi connectivity index (χ1v) is 8.92. The van der Waals surface area contributed by atoms with Crippen molar-refractivity contribution in [2.75, 3.05) is 30.9 Å². The van der Waals surface area contributed by atoms with E-state index < -0.39 is 0 Å². The quantitative estimate of drug-likeness (QED) is 0.269. The molecule has 6 heteroatoms. The molecular weight excluding hydrogens is 353 g/mol. The largest absolute Gasteiger partial charge is 0.317 e. The summed E-state index contributed by atoms with van der Waals surface area (Å²) in [5, 5.41) is 1.15. The van der Waals surface area contributed by atoms with Crippen molar-refractivity contribution in [1.29, 1.82) is 0 Å². The summed E-state index contributed by atoms with van der Waals surface area (Å²) in [5.74, 6) is 0.620. The van der Waals surface area contributed by atoms with E-state index in [-0.39, 0.29) is 0 Å². The van der Waals surface area contributed by atoms with Crippen LogP contribution in [0.25, 0.3) is 0 Å². The molecule has 2 rings (SSSR count). The van der Waals surface area contributed by atoms with Gasteiger partial charge >= 0.3 is 0 Å². The Kier molecular flexibility index (Phi) is 4.48. The molecule has 2 unspecified atom stereocenters. The van der Waals surface area contributed by atoms with Crippen LogP contribution in [0.2, 0.25) is 0 Å². The van der Waals surface area contributed by atoms with Gasteiger partial charge in [-0.1, -0.05) is 0 Å². The van der Waals surface area contributed by atoms with Crippen LogP contribution < -0.4 is 0 Å². The van der Waals surface area contributed by atoms with Gasteiger partial charge < -0.3 is 4.48 Å². The number of halogens is 1. The lowest BCUT2D eigenvalue weighted by atomic mass is 9.94. The molecule has 0 aliphatic carbocycles. The summed E-state index contributed by atoms with van der Waals surface area (Å²) in [7, 11) is 2.36. The maximum Gasteiger partial charge on any atom is 0.133 e. The summed E-state index contributed by atoms with van der Waals surface area (Å²) in [4.78, 5) is 0. The molecule has 0 amide bonds. The fourth-order valence-electron chi connectivity index (χ4n) is 2.34. The van der Waals surface area contributed by atoms with Gasteiger partial charge in [0.2, 0.25) is 0 Å². The topological polar surface area (TPSA) is 25.8 Å². The molecule has 0 spiro atoms. The molecular formula is C10H17IN3S2+. The van der Waals surface area contributed by atoms with Gasteiger partial charge in [0.1, 0.15) is 9.58 Å². The summed E-state index contributed by atoms with van der Waals surface area (Å²) in [6.45, 7) is 2.54. The van der Waals surface area contributed by atoms with Crippen LogP contribution in [0.5, 0.6) is 0 Å². The molecule has 0 saturated carbocycles. The molecule has 0 N–H and O–H groups in total. The van der Waals surface area contributed by atoms with E-state index >= 15 is 0 Å². The molecule has 1 aromatic rings. The second kappa shape index (κ2) is 5.49. The number of alkyl halides is 1. The van der Waals surface area contributed by atoms with Gasteiger partial charge in [-0.2, -0.15) is 8.75 Å². The highest BCUT2D eigenvalue weighted by molar-refractivity contribution is 14.1. The molecule has 1 fully saturated rings. The first-order valence-electron chi connectivity index (χ1n) is 5.44. The smallest absolute Gasteiger partial charge is 0.133 e. The summed E-state index contributed by atoms with van der Waals surface area (Å²) < 4.78 is 11.2. The van der Waals surface area contributed by atoms with Gasteiger partial charge in [-0.05, 0) is 41.7 Å². The third kappa shape index (κ3) is 2.70. The highest BCUT2D eigenvalue weighted by Crippen LogP contribution is 2.34. The number of likely N-dealkylation sites (N-methyl/N-ethyl adjacent to an activating group) is 1. The minimum atomic E-state index is 0.620. The van der Waals surface area contributed by atoms with Crippen LogP contribution in [0.3, 0.4) is 0 Å². The number of piperidine rings is 1. The molecule has 3 nitrogen and oxygen atoms in total. The fraction of sp³-hybridized carbons (Fsp3) is 0.800. The number of thioether (sulfide) groups is 1. The van der Waals surface area contributed by atoms with Crippen LogP contribution >= 0.6 is 46.1 Å². The van der Waals surface area contributed by atoms with Crippen molar-refractivity contribution < 1.29 is 4.48 Å². The van der Waals surface area contributed by atoms with E-state index in [1.165, 1.54) is 52.4 Å². The molecule has 16 heavy (non-hydrogen) atoms. The molecule has 0 aromatic carbocycles. The summed E-state index contributed by atoms with van der Waals surface area (Å²) in [5.41, 5.74) is 1.26. The van der Waals surface area contributed by atoms with Crippen molar-refractivity contribution in [3.63, 3.8) is 0 Å². The van der Waals surface area contributed by atoms with Gasteiger partial charge in [0.15, 0.2) is 0 Å². The molecule has 1 aliphatic rings. The zero-order valence-electron chi connectivity index (χ0n) is 9.65. The number of hydrogen-bond acceptors (Lipinski definition) is 4. The maximum atomic E-state index is 4.51. The average Bonchev–Trinajstić information content (AvgIpc) is 2.77. The molecule has 1 saturated heterocycles. The van der Waals surface area contributed by atoms with Gasteiger partial charge in [0.25, 0.3) is 0 Å². The van der Waals surface area contributed by atoms with Gasteiger partial charge in [-0.25, -0.2) is 0 Å². The third-order valence-electron chi connectivity index (χ3n) is 3.26. The standard InChI is InChI=1S/C10H17IN3S2/c1-14(7-11)5-3-4-8(6-14)9-10(15-2)13-16-12-9/h8H,3-7H2,1-2H3/q+1. The van der Waals surface area contributed by atoms with Gasteiger partial charge in [-0.3, -0.25) is 0 Å². The van der Waals surface area contributed by atoms with E-state index in [1.54, 1.807) is 11.8 Å². The number of hydrogen-bond donors (Lipinski definition) is 0. The predicted molar refractivity (Wildman–Crippen MR) is 78.5 cm³/mol. The van der Waals surface area contributed by atoms with Crippen LogP contribution in [0.4, 0.5) is 0 Å². The van der Waals surface area contributed by atoms with Crippen LogP contribution in [0.1, 0.15) is 24.5 Å². The van der Waals surface area contributed by atoms with Crippen molar-refractivity contribution in [3.8, 4) is 0 Å². The molecule has 2 heterocycles. The number of likely N-dealkylation sites (tertiary alicyclic amines) is 1. The lowest BCUT2D eigenvalue weighted by Crippen LogP contribution is -2.49. The van der Waals surface area contributed by atoms with Crippen molar-refractivity contribution in [3.05, 3.63) is 5.69 Å². The lowest BCUT2D eigenvalue weighted by molar-refractivity contribution is -0.900. The van der Waals surface area contributed by atoms with E-state index in [9.17, 15) is 0 Å². The number of quaternary nitrogens is 1. The van der Waals surface area contributed by atoms with E-state index in [0.29, 0.717) is 5.92 Å². The maximum absolute atomic E-state index is 4.51. The van der Waals surface area contributed by atoms with Crippen LogP contribution in [0.15, 0.2) is 5.03 Å². The minimum Gasteiger partial charge on any atom is -0.317 e. The molecule has 90 valence electrons. The second-order valence-electron chi connectivity index (χ2n) is 4.64. The summed E-state index contributed by atoms with van der Waals surface area (Å²) in [6.07, 6.45) is 4.69. The number of nitrogens with zero attached hydrogens (tertiary/aromatic N) is 3. The van der Waals surface area contributed by atoms with Gasteiger partial charge in [0.05, 0.1) is 43.5 Å². The zero-order chi connectivity index (χ0) is 11.6. The van der Waals surface area contributed by atoms with E-state index in [1.807, 2.05) is 0 Å². The van der Waals surface area contributed by atoms with E-state index in [2.05, 4.69) is 44.6 Å². The molecule has 1 aromatic heterocycles. The molecule has 0 bridgehead atoms. The Labute approximate surface area is 119 Å². The van der Waals surface area contributed by atoms with Crippen LogP contribution in [-0.4, -0.2) is 44.2 Å². The Morgan fingerprint density at radius 3 is 3.06 bits per heavy atom. The number of aromatic nitrogens is 2. The van der Waals surface area contributed by atoms with Gasteiger partial charge in [0, 0.05) is 0 Å². The minimum absolute atomic E-state index is 0.620. The second-order valence-corrected chi connectivity index (χ2v) is 6.65. The summed E-state index contributed by atoms with van der Waals surface area (Å²) in [6, 6.07) is 0. The monoisotopic (exact) mass is 370 g/mol. The van der Waals surface area contributed by atoms with Crippen molar-refractivity contribution in [1.82, 2.24) is 8.75 Å². The Bertz CT molecular complexity index is 358. The number of rotatable bonds is 3. The Morgan fingerprint density at radius 2 is 2.38 bits per heavy atom. The molecule has 0 radical (unpaired) electrons. The fourth-order valence-corrected chi connectivity index (χ4v) is 4.37. The summed E-state index contributed by atoms with van der Waals surface area (Å²) >= 11 is 5.60.